The molecule has 0 saturated carbocycles. The quantitative estimate of drug-likeness (QED) is 0.718. The Kier molecular flexibility index (Phi) is 6.81. The number of urea groups is 1. The number of hydrogen-bond donors (Lipinski definition) is 3. The second kappa shape index (κ2) is 8.11. The zero-order chi connectivity index (χ0) is 15.1. The highest BCUT2D eigenvalue weighted by Gasteiger charge is 2.19. The molecule has 0 aliphatic heterocycles. The molecule has 5 nitrogen and oxygen atoms in total. The number of carboxylic acids is 1. The topological polar surface area (TPSA) is 78.4 Å². The monoisotopic (exact) mass is 362 g/mol. The first kappa shape index (κ1) is 16.8. The lowest BCUT2D eigenvalue weighted by molar-refractivity contribution is -0.139. The van der Waals surface area contributed by atoms with Crippen LogP contribution in [0.1, 0.15) is 26.2 Å². The molecule has 2 amide bonds. The Bertz CT molecular complexity index is 497. The van der Waals surface area contributed by atoms with E-state index in [0.29, 0.717) is 21.6 Å². The van der Waals surface area contributed by atoms with E-state index in [0.717, 1.165) is 12.8 Å². The van der Waals surface area contributed by atoms with Crippen molar-refractivity contribution in [2.24, 2.45) is 0 Å². The van der Waals surface area contributed by atoms with Crippen LogP contribution in [0, 0.1) is 0 Å². The van der Waals surface area contributed by atoms with Crippen molar-refractivity contribution >= 4 is 45.2 Å². The van der Waals surface area contributed by atoms with E-state index in [2.05, 4.69) is 26.6 Å². The highest BCUT2D eigenvalue weighted by molar-refractivity contribution is 9.10. The van der Waals surface area contributed by atoms with Gasteiger partial charge in [-0.2, -0.15) is 0 Å². The van der Waals surface area contributed by atoms with Gasteiger partial charge in [0.25, 0.3) is 0 Å². The number of halogens is 2. The number of nitrogens with one attached hydrogen (secondary N) is 2. The number of benzene rings is 1. The highest BCUT2D eigenvalue weighted by Crippen LogP contribution is 2.25. The minimum absolute atomic E-state index is 0.406. The molecule has 0 aromatic heterocycles. The van der Waals surface area contributed by atoms with Crippen LogP contribution in [0.4, 0.5) is 10.5 Å². The van der Waals surface area contributed by atoms with E-state index in [1.54, 1.807) is 18.2 Å². The lowest BCUT2D eigenvalue weighted by Gasteiger charge is -2.15. The second-order valence-corrected chi connectivity index (χ2v) is 5.52. The number of carboxylic acid groups (broad SMARTS) is 1. The Labute approximate surface area is 130 Å². The fourth-order valence-electron chi connectivity index (χ4n) is 1.56. The van der Waals surface area contributed by atoms with Crippen molar-refractivity contribution in [2.75, 3.05) is 5.32 Å². The largest absolute Gasteiger partial charge is 0.480 e. The standard InChI is InChI=1S/C13H16BrClN2O3/c1-2-3-4-11(12(18)19)17-13(20)16-8-5-6-10(15)9(14)7-8/h5-7,11H,2-4H2,1H3,(H,18,19)(H2,16,17,20). The van der Waals surface area contributed by atoms with Gasteiger partial charge >= 0.3 is 12.0 Å². The number of aliphatic carboxylic acids is 1. The molecule has 1 aromatic rings. The van der Waals surface area contributed by atoms with E-state index in [1.807, 2.05) is 6.92 Å². The van der Waals surface area contributed by atoms with Crippen molar-refractivity contribution in [1.29, 1.82) is 0 Å². The summed E-state index contributed by atoms with van der Waals surface area (Å²) >= 11 is 9.09. The molecular weight excluding hydrogens is 348 g/mol. The molecule has 3 N–H and O–H groups in total. The molecule has 1 rings (SSSR count). The molecule has 1 atom stereocenters. The van der Waals surface area contributed by atoms with Gasteiger partial charge in [0.15, 0.2) is 0 Å². The molecular formula is C13H16BrClN2O3. The predicted octanol–water partition coefficient (Wildman–Crippen LogP) is 3.87. The van der Waals surface area contributed by atoms with Gasteiger partial charge in [-0.3, -0.25) is 0 Å². The Morgan fingerprint density at radius 1 is 1.45 bits per heavy atom. The van der Waals surface area contributed by atoms with E-state index >= 15 is 0 Å². The second-order valence-electron chi connectivity index (χ2n) is 4.26. The molecule has 0 heterocycles. The van der Waals surface area contributed by atoms with Crippen LogP contribution in [-0.4, -0.2) is 23.1 Å². The van der Waals surface area contributed by atoms with Gasteiger partial charge in [-0.15, -0.1) is 0 Å². The van der Waals surface area contributed by atoms with Gasteiger partial charge in [-0.1, -0.05) is 31.4 Å². The van der Waals surface area contributed by atoms with Crippen molar-refractivity contribution in [3.8, 4) is 0 Å². The van der Waals surface area contributed by atoms with Crippen molar-refractivity contribution in [2.45, 2.75) is 32.2 Å². The molecule has 7 heteroatoms. The average molecular weight is 364 g/mol. The minimum atomic E-state index is -1.04. The maximum absolute atomic E-state index is 11.8. The normalized spacial score (nSPS) is 11.8. The summed E-state index contributed by atoms with van der Waals surface area (Å²) in [4.78, 5) is 22.8. The van der Waals surface area contributed by atoms with E-state index in [-0.39, 0.29) is 0 Å². The van der Waals surface area contributed by atoms with Crippen LogP contribution in [0.15, 0.2) is 22.7 Å². The molecule has 1 aromatic carbocycles. The molecule has 0 spiro atoms. The first-order valence-corrected chi connectivity index (χ1v) is 7.36. The number of carbonyl (C=O) groups is 2. The summed E-state index contributed by atoms with van der Waals surface area (Å²) in [6.07, 6.45) is 2.02. The molecule has 0 aliphatic rings. The third-order valence-electron chi connectivity index (χ3n) is 2.63. The minimum Gasteiger partial charge on any atom is -0.480 e. The van der Waals surface area contributed by atoms with Gasteiger partial charge in [0.1, 0.15) is 6.04 Å². The molecule has 1 unspecified atom stereocenters. The van der Waals surface area contributed by atoms with Gasteiger partial charge in [0.2, 0.25) is 0 Å². The van der Waals surface area contributed by atoms with E-state index in [4.69, 9.17) is 16.7 Å². The zero-order valence-corrected chi connectivity index (χ0v) is 13.3. The fraction of sp³-hybridized carbons (Fsp3) is 0.385. The number of carbonyl (C=O) groups excluding carboxylic acids is 1. The van der Waals surface area contributed by atoms with Gasteiger partial charge in [0.05, 0.1) is 5.02 Å². The summed E-state index contributed by atoms with van der Waals surface area (Å²) in [5.74, 6) is -1.04. The number of hydrogen-bond acceptors (Lipinski definition) is 2. The molecule has 0 bridgehead atoms. The average Bonchev–Trinajstić information content (AvgIpc) is 2.38. The molecule has 0 fully saturated rings. The Morgan fingerprint density at radius 3 is 2.70 bits per heavy atom. The summed E-state index contributed by atoms with van der Waals surface area (Å²) in [7, 11) is 0. The van der Waals surface area contributed by atoms with Crippen LogP contribution in [0.25, 0.3) is 0 Å². The van der Waals surface area contributed by atoms with Crippen LogP contribution in [0.3, 0.4) is 0 Å². The molecule has 0 saturated heterocycles. The van der Waals surface area contributed by atoms with Crippen LogP contribution in [0.5, 0.6) is 0 Å². The number of amides is 2. The summed E-state index contributed by atoms with van der Waals surface area (Å²) in [6, 6.07) is 3.47. The smallest absolute Gasteiger partial charge is 0.326 e. The van der Waals surface area contributed by atoms with E-state index < -0.39 is 18.0 Å². The van der Waals surface area contributed by atoms with Crippen LogP contribution < -0.4 is 10.6 Å². The fourth-order valence-corrected chi connectivity index (χ4v) is 2.06. The van der Waals surface area contributed by atoms with Crippen LogP contribution in [-0.2, 0) is 4.79 Å². The number of rotatable bonds is 6. The van der Waals surface area contributed by atoms with E-state index in [9.17, 15) is 9.59 Å². The molecule has 110 valence electrons. The predicted molar refractivity (Wildman–Crippen MR) is 82.3 cm³/mol. The van der Waals surface area contributed by atoms with Gasteiger partial charge in [0, 0.05) is 10.2 Å². The summed E-state index contributed by atoms with van der Waals surface area (Å²) in [5, 5.41) is 14.6. The number of unbranched alkanes of at least 4 members (excludes halogenated alkanes) is 1. The van der Waals surface area contributed by atoms with Gasteiger partial charge in [-0.25, -0.2) is 9.59 Å². The lowest BCUT2D eigenvalue weighted by atomic mass is 10.1. The molecule has 0 radical (unpaired) electrons. The van der Waals surface area contributed by atoms with Crippen molar-refractivity contribution in [1.82, 2.24) is 5.32 Å². The maximum Gasteiger partial charge on any atom is 0.326 e. The van der Waals surface area contributed by atoms with Crippen molar-refractivity contribution in [3.63, 3.8) is 0 Å². The first-order chi connectivity index (χ1) is 9.43. The maximum atomic E-state index is 11.8. The van der Waals surface area contributed by atoms with Crippen LogP contribution in [0.2, 0.25) is 5.02 Å². The zero-order valence-electron chi connectivity index (χ0n) is 11.0. The molecule has 20 heavy (non-hydrogen) atoms. The third kappa shape index (κ3) is 5.38. The third-order valence-corrected chi connectivity index (χ3v) is 3.84. The Morgan fingerprint density at radius 2 is 2.15 bits per heavy atom. The van der Waals surface area contributed by atoms with Crippen molar-refractivity contribution < 1.29 is 14.7 Å². The summed E-state index contributed by atoms with van der Waals surface area (Å²) in [5.41, 5.74) is 0.526. The van der Waals surface area contributed by atoms with Gasteiger partial charge < -0.3 is 15.7 Å². The lowest BCUT2D eigenvalue weighted by Crippen LogP contribution is -2.42. The molecule has 0 aliphatic carbocycles. The SMILES string of the molecule is CCCCC(NC(=O)Nc1ccc(Cl)c(Br)c1)C(=O)O. The summed E-state index contributed by atoms with van der Waals surface area (Å²) in [6.45, 7) is 1.96. The number of anilines is 1. The first-order valence-electron chi connectivity index (χ1n) is 6.19. The summed E-state index contributed by atoms with van der Waals surface area (Å²) < 4.78 is 0.651. The van der Waals surface area contributed by atoms with Gasteiger partial charge in [-0.05, 0) is 40.5 Å². The van der Waals surface area contributed by atoms with E-state index in [1.165, 1.54) is 0 Å². The Balaban J connectivity index is 2.60. The Hall–Kier alpha value is -1.27. The highest BCUT2D eigenvalue weighted by atomic mass is 79.9. The van der Waals surface area contributed by atoms with Crippen molar-refractivity contribution in [3.05, 3.63) is 27.7 Å². The van der Waals surface area contributed by atoms with Crippen LogP contribution >= 0.6 is 27.5 Å².